The lowest BCUT2D eigenvalue weighted by Gasteiger charge is -2.22. The van der Waals surface area contributed by atoms with Crippen LogP contribution in [0, 0.1) is 10.1 Å². The molecule has 4 aromatic rings. The molecule has 1 aliphatic rings. The lowest BCUT2D eigenvalue weighted by Crippen LogP contribution is -2.31. The minimum Gasteiger partial charge on any atom is -0.450 e. The van der Waals surface area contributed by atoms with Crippen LogP contribution in [0.1, 0.15) is 27.7 Å². The van der Waals surface area contributed by atoms with E-state index in [0.29, 0.717) is 16.5 Å². The number of nitrogens with zero attached hydrogens (tertiary/aromatic N) is 4. The van der Waals surface area contributed by atoms with E-state index in [9.17, 15) is 19.7 Å². The van der Waals surface area contributed by atoms with Crippen molar-refractivity contribution in [2.45, 2.75) is 6.04 Å². The first-order valence-corrected chi connectivity index (χ1v) is 8.97. The molecule has 1 atom stereocenters. The molecule has 0 saturated carbocycles. The maximum absolute atomic E-state index is 13.3. The van der Waals surface area contributed by atoms with Crippen LogP contribution in [0.3, 0.4) is 0 Å². The Balaban J connectivity index is 1.79. The van der Waals surface area contributed by atoms with Gasteiger partial charge in [0.25, 0.3) is 11.6 Å². The highest BCUT2D eigenvalue weighted by Gasteiger charge is 2.44. The van der Waals surface area contributed by atoms with Crippen molar-refractivity contribution in [3.8, 4) is 0 Å². The van der Waals surface area contributed by atoms with E-state index in [1.54, 1.807) is 30.3 Å². The first-order valence-electron chi connectivity index (χ1n) is 8.97. The second-order valence-electron chi connectivity index (χ2n) is 6.65. The van der Waals surface area contributed by atoms with E-state index < -0.39 is 16.9 Å². The molecular weight excluding hydrogens is 388 g/mol. The summed E-state index contributed by atoms with van der Waals surface area (Å²) in [6, 6.07) is 13.1. The number of rotatable bonds is 3. The summed E-state index contributed by atoms with van der Waals surface area (Å²) < 4.78 is 5.81. The van der Waals surface area contributed by atoms with E-state index in [-0.39, 0.29) is 28.4 Å². The van der Waals surface area contributed by atoms with E-state index in [2.05, 4.69) is 9.97 Å². The van der Waals surface area contributed by atoms with E-state index >= 15 is 0 Å². The number of fused-ring (bicyclic) bond motifs is 2. The van der Waals surface area contributed by atoms with Crippen molar-refractivity contribution in [2.75, 3.05) is 4.90 Å². The van der Waals surface area contributed by atoms with Crippen LogP contribution in [0.25, 0.3) is 11.0 Å². The molecule has 9 heteroatoms. The number of amides is 1. The van der Waals surface area contributed by atoms with Gasteiger partial charge in [-0.1, -0.05) is 12.1 Å². The molecule has 1 amide bonds. The number of hydrogen-bond acceptors (Lipinski definition) is 7. The van der Waals surface area contributed by atoms with Gasteiger partial charge in [-0.25, -0.2) is 9.97 Å². The van der Waals surface area contributed by atoms with Gasteiger partial charge in [0.2, 0.25) is 11.7 Å². The van der Waals surface area contributed by atoms with Gasteiger partial charge in [0.15, 0.2) is 5.43 Å². The van der Waals surface area contributed by atoms with Crippen LogP contribution in [0.4, 0.5) is 11.6 Å². The molecule has 30 heavy (non-hydrogen) atoms. The Bertz CT molecular complexity index is 1370. The fourth-order valence-electron chi connectivity index (χ4n) is 3.64. The number of non-ortho nitro benzene ring substituents is 1. The fraction of sp³-hybridized carbons (Fsp3) is 0.0476. The third-order valence-electron chi connectivity index (χ3n) is 4.96. The molecule has 0 spiro atoms. The Hall–Kier alpha value is -4.40. The highest BCUT2D eigenvalue weighted by atomic mass is 16.6. The van der Waals surface area contributed by atoms with Gasteiger partial charge in [-0.3, -0.25) is 24.6 Å². The standard InChI is InChI=1S/C21H12N4O5/c26-18-14-4-1-2-5-15(14)30-19-16(18)17(12-6-8-13(9-7-12)25(28)29)24(20(19)27)21-22-10-3-11-23-21/h1-11,17H/t17-/m0/s1. The number of nitro benzene ring substituents is 1. The molecule has 2 aromatic heterocycles. The zero-order chi connectivity index (χ0) is 20.8. The van der Waals surface area contributed by atoms with Gasteiger partial charge in [-0.15, -0.1) is 0 Å². The molecule has 2 aromatic carbocycles. The molecule has 146 valence electrons. The summed E-state index contributed by atoms with van der Waals surface area (Å²) in [7, 11) is 0. The number of benzene rings is 2. The van der Waals surface area contributed by atoms with Crippen molar-refractivity contribution in [2.24, 2.45) is 0 Å². The van der Waals surface area contributed by atoms with Crippen molar-refractivity contribution in [3.05, 3.63) is 104 Å². The number of para-hydroxylation sites is 1. The van der Waals surface area contributed by atoms with Gasteiger partial charge < -0.3 is 4.42 Å². The zero-order valence-electron chi connectivity index (χ0n) is 15.3. The highest BCUT2D eigenvalue weighted by molar-refractivity contribution is 6.09. The van der Waals surface area contributed by atoms with Crippen molar-refractivity contribution in [1.82, 2.24) is 9.97 Å². The lowest BCUT2D eigenvalue weighted by molar-refractivity contribution is -0.384. The minimum atomic E-state index is -0.878. The number of carbonyl (C=O) groups excluding carboxylic acids is 1. The van der Waals surface area contributed by atoms with Crippen molar-refractivity contribution in [3.63, 3.8) is 0 Å². The molecule has 3 heterocycles. The number of hydrogen-bond donors (Lipinski definition) is 0. The Labute approximate surface area is 168 Å². The molecule has 0 fully saturated rings. The predicted molar refractivity (Wildman–Crippen MR) is 106 cm³/mol. The zero-order valence-corrected chi connectivity index (χ0v) is 15.3. The fourth-order valence-corrected chi connectivity index (χ4v) is 3.64. The van der Waals surface area contributed by atoms with Gasteiger partial charge in [0.1, 0.15) is 5.58 Å². The summed E-state index contributed by atoms with van der Waals surface area (Å²) in [5.74, 6) is -0.544. The van der Waals surface area contributed by atoms with Crippen molar-refractivity contribution in [1.29, 1.82) is 0 Å². The molecule has 0 radical (unpaired) electrons. The first kappa shape index (κ1) is 17.7. The van der Waals surface area contributed by atoms with Crippen LogP contribution in [-0.2, 0) is 0 Å². The summed E-state index contributed by atoms with van der Waals surface area (Å²) in [5, 5.41) is 11.4. The van der Waals surface area contributed by atoms with E-state index in [4.69, 9.17) is 4.42 Å². The van der Waals surface area contributed by atoms with E-state index in [0.717, 1.165) is 0 Å². The molecule has 1 aliphatic heterocycles. The van der Waals surface area contributed by atoms with Crippen LogP contribution in [0.2, 0.25) is 0 Å². The minimum absolute atomic E-state index is 0.0884. The smallest absolute Gasteiger partial charge is 0.297 e. The summed E-state index contributed by atoms with van der Waals surface area (Å²) in [5.41, 5.74) is 0.508. The number of carbonyl (C=O) groups is 1. The Kier molecular flexibility index (Phi) is 3.88. The maximum atomic E-state index is 13.3. The van der Waals surface area contributed by atoms with Crippen LogP contribution < -0.4 is 10.3 Å². The summed E-state index contributed by atoms with van der Waals surface area (Å²) in [6.45, 7) is 0. The topological polar surface area (TPSA) is 119 Å². The largest absolute Gasteiger partial charge is 0.450 e. The maximum Gasteiger partial charge on any atom is 0.297 e. The van der Waals surface area contributed by atoms with Gasteiger partial charge in [0, 0.05) is 24.5 Å². The molecular formula is C21H12N4O5. The average Bonchev–Trinajstić information content (AvgIpc) is 3.07. The van der Waals surface area contributed by atoms with Crippen molar-refractivity contribution >= 4 is 28.5 Å². The Morgan fingerprint density at radius 2 is 1.67 bits per heavy atom. The van der Waals surface area contributed by atoms with Gasteiger partial charge >= 0.3 is 0 Å². The monoisotopic (exact) mass is 400 g/mol. The summed E-state index contributed by atoms with van der Waals surface area (Å²) >= 11 is 0. The lowest BCUT2D eigenvalue weighted by atomic mass is 9.98. The second kappa shape index (κ2) is 6.59. The number of aromatic nitrogens is 2. The van der Waals surface area contributed by atoms with Gasteiger partial charge in [-0.05, 0) is 35.9 Å². The normalized spacial score (nSPS) is 15.4. The molecule has 9 nitrogen and oxygen atoms in total. The SMILES string of the molecule is O=C1c2oc3ccccc3c(=O)c2[C@H](c2ccc([N+](=O)[O-])cc2)N1c1ncccn1. The molecule has 0 aliphatic carbocycles. The van der Waals surface area contributed by atoms with Crippen LogP contribution in [0.15, 0.2) is 76.2 Å². The second-order valence-corrected chi connectivity index (χ2v) is 6.65. The highest BCUT2D eigenvalue weighted by Crippen LogP contribution is 2.40. The third-order valence-corrected chi connectivity index (χ3v) is 4.96. The molecule has 0 saturated heterocycles. The van der Waals surface area contributed by atoms with Crippen LogP contribution in [0.5, 0.6) is 0 Å². The van der Waals surface area contributed by atoms with Gasteiger partial charge in [-0.2, -0.15) is 0 Å². The molecule has 0 bridgehead atoms. The predicted octanol–water partition coefficient (Wildman–Crippen LogP) is 3.24. The number of nitro groups is 1. The molecule has 0 unspecified atom stereocenters. The van der Waals surface area contributed by atoms with Gasteiger partial charge in [0.05, 0.1) is 21.9 Å². The first-order chi connectivity index (χ1) is 14.6. The van der Waals surface area contributed by atoms with E-state index in [1.165, 1.54) is 41.6 Å². The summed E-state index contributed by atoms with van der Waals surface area (Å²) in [6.07, 6.45) is 2.97. The quantitative estimate of drug-likeness (QED) is 0.382. The Morgan fingerprint density at radius 1 is 0.967 bits per heavy atom. The van der Waals surface area contributed by atoms with Crippen LogP contribution in [-0.4, -0.2) is 20.8 Å². The van der Waals surface area contributed by atoms with Crippen LogP contribution >= 0.6 is 0 Å². The molecule has 0 N–H and O–H groups in total. The molecule has 5 rings (SSSR count). The summed E-state index contributed by atoms with van der Waals surface area (Å²) in [4.78, 5) is 46.7. The van der Waals surface area contributed by atoms with Crippen molar-refractivity contribution < 1.29 is 14.1 Å². The third kappa shape index (κ3) is 2.56. The van der Waals surface area contributed by atoms with E-state index in [1.807, 2.05) is 0 Å². The average molecular weight is 400 g/mol. The number of anilines is 1. The Morgan fingerprint density at radius 3 is 2.37 bits per heavy atom.